The third-order valence-corrected chi connectivity index (χ3v) is 4.04. The van der Waals surface area contributed by atoms with Crippen LogP contribution in [0.1, 0.15) is 25.3 Å². The van der Waals surface area contributed by atoms with Crippen molar-refractivity contribution in [3.8, 4) is 0 Å². The fourth-order valence-electron chi connectivity index (χ4n) is 3.14. The van der Waals surface area contributed by atoms with Crippen LogP contribution in [0.25, 0.3) is 0 Å². The number of esters is 1. The molecule has 3 rings (SSSR count). The van der Waals surface area contributed by atoms with Gasteiger partial charge in [-0.15, -0.1) is 0 Å². The molecule has 0 bridgehead atoms. The third kappa shape index (κ3) is 2.30. The predicted molar refractivity (Wildman–Crippen MR) is 80.3 cm³/mol. The van der Waals surface area contributed by atoms with E-state index in [2.05, 4.69) is 5.32 Å². The van der Waals surface area contributed by atoms with E-state index >= 15 is 0 Å². The minimum atomic E-state index is -0.791. The summed E-state index contributed by atoms with van der Waals surface area (Å²) in [6, 6.07) is 6.14. The van der Waals surface area contributed by atoms with E-state index < -0.39 is 16.8 Å². The highest BCUT2D eigenvalue weighted by Crippen LogP contribution is 2.43. The van der Waals surface area contributed by atoms with Crippen LogP contribution in [-0.2, 0) is 14.3 Å². The van der Waals surface area contributed by atoms with Crippen molar-refractivity contribution in [3.63, 3.8) is 0 Å². The summed E-state index contributed by atoms with van der Waals surface area (Å²) < 4.78 is 5.05. The lowest BCUT2D eigenvalue weighted by Crippen LogP contribution is -2.29. The minimum absolute atomic E-state index is 0.0772. The Balaban J connectivity index is 2.27. The van der Waals surface area contributed by atoms with E-state index in [9.17, 15) is 19.7 Å². The standard InChI is InChI=1S/C16H14N2O5/c1-8-13(9(2)19)14(15-11(17-8)7-23-16(15)20)10-5-3-4-6-12(10)18(21)22/h3-6,14,17H,7H2,1-2H3. The Morgan fingerprint density at radius 2 is 2.09 bits per heavy atom. The van der Waals surface area contributed by atoms with Crippen molar-refractivity contribution >= 4 is 17.4 Å². The number of rotatable bonds is 3. The van der Waals surface area contributed by atoms with Gasteiger partial charge in [0.25, 0.3) is 5.69 Å². The molecule has 7 heteroatoms. The molecule has 0 saturated carbocycles. The number of dihydropyridines is 1. The Hall–Kier alpha value is -2.96. The Bertz CT molecular complexity index is 804. The molecule has 0 radical (unpaired) electrons. The molecule has 23 heavy (non-hydrogen) atoms. The van der Waals surface area contributed by atoms with Gasteiger partial charge >= 0.3 is 5.97 Å². The number of nitro benzene ring substituents is 1. The first-order valence-corrected chi connectivity index (χ1v) is 7.04. The number of hydrogen-bond acceptors (Lipinski definition) is 6. The van der Waals surface area contributed by atoms with Crippen molar-refractivity contribution in [3.05, 3.63) is 62.5 Å². The molecule has 0 aromatic heterocycles. The average molecular weight is 314 g/mol. The summed E-state index contributed by atoms with van der Waals surface area (Å²) >= 11 is 0. The number of para-hydroxylation sites is 1. The summed E-state index contributed by atoms with van der Waals surface area (Å²) in [5.41, 5.74) is 1.94. The molecule has 2 aliphatic heterocycles. The quantitative estimate of drug-likeness (QED) is 0.520. The van der Waals surface area contributed by atoms with E-state index in [-0.39, 0.29) is 23.7 Å². The van der Waals surface area contributed by atoms with Gasteiger partial charge in [0, 0.05) is 22.9 Å². The van der Waals surface area contributed by atoms with Crippen LogP contribution in [0.15, 0.2) is 46.8 Å². The second kappa shape index (κ2) is 5.35. The van der Waals surface area contributed by atoms with Crippen molar-refractivity contribution in [1.82, 2.24) is 5.32 Å². The number of allylic oxidation sites excluding steroid dienone is 2. The maximum absolute atomic E-state index is 12.1. The number of hydrogen-bond donors (Lipinski definition) is 1. The molecule has 0 saturated heterocycles. The van der Waals surface area contributed by atoms with Gasteiger partial charge in [0.1, 0.15) is 6.61 Å². The molecule has 1 aromatic rings. The molecule has 118 valence electrons. The predicted octanol–water partition coefficient (Wildman–Crippen LogP) is 1.96. The summed E-state index contributed by atoms with van der Waals surface area (Å²) in [5, 5.41) is 14.4. The average Bonchev–Trinajstić information content (AvgIpc) is 2.86. The van der Waals surface area contributed by atoms with Gasteiger partial charge in [-0.25, -0.2) is 4.79 Å². The van der Waals surface area contributed by atoms with Crippen molar-refractivity contribution in [2.24, 2.45) is 0 Å². The number of nitrogens with zero attached hydrogens (tertiary/aromatic N) is 1. The van der Waals surface area contributed by atoms with Crippen molar-refractivity contribution in [2.75, 3.05) is 6.61 Å². The largest absolute Gasteiger partial charge is 0.456 e. The van der Waals surface area contributed by atoms with Gasteiger partial charge in [0.2, 0.25) is 0 Å². The second-order valence-corrected chi connectivity index (χ2v) is 5.44. The zero-order valence-electron chi connectivity index (χ0n) is 12.6. The fourth-order valence-corrected chi connectivity index (χ4v) is 3.14. The van der Waals surface area contributed by atoms with Crippen molar-refractivity contribution < 1.29 is 19.2 Å². The number of carbonyl (C=O) groups excluding carboxylic acids is 2. The zero-order valence-corrected chi connectivity index (χ0v) is 12.6. The van der Waals surface area contributed by atoms with Crippen LogP contribution in [0.5, 0.6) is 0 Å². The van der Waals surface area contributed by atoms with Gasteiger partial charge in [0.15, 0.2) is 5.78 Å². The third-order valence-electron chi connectivity index (χ3n) is 4.04. The Labute approximate surface area is 131 Å². The number of nitrogens with one attached hydrogen (secondary N) is 1. The summed E-state index contributed by atoms with van der Waals surface area (Å²) in [5.74, 6) is -1.59. The molecule has 0 fully saturated rings. The Morgan fingerprint density at radius 1 is 1.39 bits per heavy atom. The van der Waals surface area contributed by atoms with Gasteiger partial charge in [-0.1, -0.05) is 18.2 Å². The molecular formula is C16H14N2O5. The SMILES string of the molecule is CC(=O)C1=C(C)NC2=C(C(=O)OC2)C1c1ccccc1[N+](=O)[O-]. The lowest BCUT2D eigenvalue weighted by molar-refractivity contribution is -0.385. The number of carbonyl (C=O) groups is 2. The van der Waals surface area contributed by atoms with E-state index in [1.165, 1.54) is 13.0 Å². The highest BCUT2D eigenvalue weighted by Gasteiger charge is 2.42. The topological polar surface area (TPSA) is 98.5 Å². The zero-order chi connectivity index (χ0) is 16.7. The highest BCUT2D eigenvalue weighted by atomic mass is 16.6. The molecule has 1 N–H and O–H groups in total. The van der Waals surface area contributed by atoms with Crippen LogP contribution in [-0.4, -0.2) is 23.3 Å². The summed E-state index contributed by atoms with van der Waals surface area (Å²) in [4.78, 5) is 35.1. The van der Waals surface area contributed by atoms with Crippen LogP contribution >= 0.6 is 0 Å². The second-order valence-electron chi connectivity index (χ2n) is 5.44. The Kier molecular flexibility index (Phi) is 3.48. The maximum atomic E-state index is 12.1. The number of ether oxygens (including phenoxy) is 1. The van der Waals surface area contributed by atoms with Crippen LogP contribution in [0.2, 0.25) is 0 Å². The van der Waals surface area contributed by atoms with Gasteiger partial charge in [-0.05, 0) is 13.8 Å². The molecule has 1 unspecified atom stereocenters. The molecular weight excluding hydrogens is 300 g/mol. The fraction of sp³-hybridized carbons (Fsp3) is 0.250. The van der Waals surface area contributed by atoms with Crippen molar-refractivity contribution in [1.29, 1.82) is 0 Å². The van der Waals surface area contributed by atoms with Gasteiger partial charge in [-0.2, -0.15) is 0 Å². The lowest BCUT2D eigenvalue weighted by atomic mass is 9.79. The van der Waals surface area contributed by atoms with E-state index in [0.29, 0.717) is 22.5 Å². The minimum Gasteiger partial charge on any atom is -0.456 e. The molecule has 0 spiro atoms. The first kappa shape index (κ1) is 15.0. The number of benzene rings is 1. The van der Waals surface area contributed by atoms with Gasteiger partial charge in [-0.3, -0.25) is 14.9 Å². The number of ketones is 1. The molecule has 1 atom stereocenters. The van der Waals surface area contributed by atoms with Crippen LogP contribution in [0, 0.1) is 10.1 Å². The highest BCUT2D eigenvalue weighted by molar-refractivity contribution is 6.03. The van der Waals surface area contributed by atoms with Gasteiger partial charge in [0.05, 0.1) is 22.1 Å². The molecule has 0 amide bonds. The van der Waals surface area contributed by atoms with Gasteiger partial charge < -0.3 is 10.1 Å². The summed E-state index contributed by atoms with van der Waals surface area (Å²) in [6.07, 6.45) is 0. The first-order valence-electron chi connectivity index (χ1n) is 7.04. The van der Waals surface area contributed by atoms with Crippen LogP contribution in [0.4, 0.5) is 5.69 Å². The number of cyclic esters (lactones) is 1. The van der Waals surface area contributed by atoms with E-state index in [1.807, 2.05) is 0 Å². The summed E-state index contributed by atoms with van der Waals surface area (Å²) in [7, 11) is 0. The molecule has 2 aliphatic rings. The molecule has 2 heterocycles. The van der Waals surface area contributed by atoms with Crippen LogP contribution < -0.4 is 5.32 Å². The number of Topliss-reactive ketones (excluding diaryl/α,β-unsaturated/α-hetero) is 1. The van der Waals surface area contributed by atoms with Crippen LogP contribution in [0.3, 0.4) is 0 Å². The first-order chi connectivity index (χ1) is 10.9. The summed E-state index contributed by atoms with van der Waals surface area (Å²) in [6.45, 7) is 3.17. The Morgan fingerprint density at radius 3 is 2.74 bits per heavy atom. The molecule has 7 nitrogen and oxygen atoms in total. The van der Waals surface area contributed by atoms with Crippen molar-refractivity contribution in [2.45, 2.75) is 19.8 Å². The lowest BCUT2D eigenvalue weighted by Gasteiger charge is -2.27. The molecule has 0 aliphatic carbocycles. The molecule has 1 aromatic carbocycles. The smallest absolute Gasteiger partial charge is 0.337 e. The monoisotopic (exact) mass is 314 g/mol. The maximum Gasteiger partial charge on any atom is 0.337 e. The normalized spacial score (nSPS) is 20.1. The van der Waals surface area contributed by atoms with E-state index in [0.717, 1.165) is 0 Å². The number of nitro groups is 1. The van der Waals surface area contributed by atoms with E-state index in [4.69, 9.17) is 4.74 Å². The van der Waals surface area contributed by atoms with E-state index in [1.54, 1.807) is 25.1 Å².